The van der Waals surface area contributed by atoms with Crippen LogP contribution in [0.5, 0.6) is 0 Å². The van der Waals surface area contributed by atoms with Crippen molar-refractivity contribution in [3.8, 4) is 0 Å². The Balaban J connectivity index is 2.82. The van der Waals surface area contributed by atoms with Crippen LogP contribution in [0.4, 0.5) is 5.69 Å². The summed E-state index contributed by atoms with van der Waals surface area (Å²) in [6.45, 7) is 7.79. The summed E-state index contributed by atoms with van der Waals surface area (Å²) in [6, 6.07) is 7.36. The fourth-order valence-corrected chi connectivity index (χ4v) is 1.83. The predicted molar refractivity (Wildman–Crippen MR) is 74.3 cm³/mol. The van der Waals surface area contributed by atoms with Gasteiger partial charge in [0.1, 0.15) is 0 Å². The number of nitrogens with one attached hydrogen (secondary N) is 1. The van der Waals surface area contributed by atoms with Crippen LogP contribution in [0.25, 0.3) is 0 Å². The van der Waals surface area contributed by atoms with Gasteiger partial charge in [0.15, 0.2) is 0 Å². The van der Waals surface area contributed by atoms with E-state index in [9.17, 15) is 9.90 Å². The Morgan fingerprint density at radius 2 is 1.89 bits per heavy atom. The largest absolute Gasteiger partial charge is 0.389 e. The normalized spacial score (nSPS) is 15.8. The quantitative estimate of drug-likeness (QED) is 0.840. The molecule has 1 aromatic rings. The van der Waals surface area contributed by atoms with Crippen LogP contribution < -0.4 is 5.32 Å². The highest BCUT2D eigenvalue weighted by molar-refractivity contribution is 5.93. The molecule has 0 spiro atoms. The number of carbonyl (C=O) groups excluding carboxylic acids is 1. The van der Waals surface area contributed by atoms with E-state index in [4.69, 9.17) is 0 Å². The van der Waals surface area contributed by atoms with Gasteiger partial charge in [-0.2, -0.15) is 0 Å². The average Bonchev–Trinajstić information content (AvgIpc) is 2.37. The third kappa shape index (κ3) is 3.57. The average molecular weight is 249 g/mol. The lowest BCUT2D eigenvalue weighted by molar-refractivity contribution is -0.120. The highest BCUT2D eigenvalue weighted by Gasteiger charge is 2.20. The second-order valence-corrected chi connectivity index (χ2v) is 4.93. The van der Waals surface area contributed by atoms with Crippen LogP contribution in [0, 0.1) is 11.8 Å². The van der Waals surface area contributed by atoms with E-state index < -0.39 is 6.10 Å². The summed E-state index contributed by atoms with van der Waals surface area (Å²) < 4.78 is 0. The summed E-state index contributed by atoms with van der Waals surface area (Å²) in [6.07, 6.45) is 0.396. The molecule has 0 aliphatic heterocycles. The second-order valence-electron chi connectivity index (χ2n) is 4.93. The molecule has 0 aliphatic rings. The van der Waals surface area contributed by atoms with Crippen LogP contribution in [-0.2, 0) is 4.79 Å². The minimum Gasteiger partial charge on any atom is -0.389 e. The van der Waals surface area contributed by atoms with E-state index in [-0.39, 0.29) is 11.8 Å². The van der Waals surface area contributed by atoms with Gasteiger partial charge in [0, 0.05) is 17.2 Å². The number of aliphatic hydroxyl groups is 1. The van der Waals surface area contributed by atoms with Crippen LogP contribution in [0.2, 0.25) is 0 Å². The van der Waals surface area contributed by atoms with E-state index in [1.54, 1.807) is 6.92 Å². The molecule has 100 valence electrons. The van der Waals surface area contributed by atoms with Gasteiger partial charge in [0.2, 0.25) is 5.91 Å². The molecule has 0 heterocycles. The molecule has 3 nitrogen and oxygen atoms in total. The number of rotatable bonds is 5. The van der Waals surface area contributed by atoms with Crippen molar-refractivity contribution in [2.75, 3.05) is 5.32 Å². The highest BCUT2D eigenvalue weighted by Crippen LogP contribution is 2.24. The molecular formula is C15H23NO2. The second kappa shape index (κ2) is 6.55. The number of amides is 1. The molecule has 1 rings (SSSR count). The molecular weight excluding hydrogens is 226 g/mol. The zero-order chi connectivity index (χ0) is 13.7. The maximum Gasteiger partial charge on any atom is 0.227 e. The molecule has 2 N–H and O–H groups in total. The maximum absolute atomic E-state index is 12.1. The highest BCUT2D eigenvalue weighted by atomic mass is 16.3. The molecule has 18 heavy (non-hydrogen) atoms. The first-order chi connectivity index (χ1) is 8.47. The van der Waals surface area contributed by atoms with E-state index in [0.717, 1.165) is 12.0 Å². The van der Waals surface area contributed by atoms with Gasteiger partial charge in [0.05, 0.1) is 6.10 Å². The maximum atomic E-state index is 12.1. The minimum absolute atomic E-state index is 0.0115. The lowest BCUT2D eigenvalue weighted by atomic mass is 9.92. The topological polar surface area (TPSA) is 49.3 Å². The minimum atomic E-state index is -0.583. The number of hydrogen-bond acceptors (Lipinski definition) is 2. The van der Waals surface area contributed by atoms with Gasteiger partial charge in [0.25, 0.3) is 0 Å². The fourth-order valence-electron chi connectivity index (χ4n) is 1.83. The van der Waals surface area contributed by atoms with Crippen LogP contribution in [-0.4, -0.2) is 11.0 Å². The Hall–Kier alpha value is -1.35. The zero-order valence-electron chi connectivity index (χ0n) is 11.6. The predicted octanol–water partition coefficient (Wildman–Crippen LogP) is 3.36. The van der Waals surface area contributed by atoms with Crippen LogP contribution in [0.15, 0.2) is 24.3 Å². The molecule has 0 saturated heterocycles. The Morgan fingerprint density at radius 3 is 2.44 bits per heavy atom. The molecule has 1 amide bonds. The first kappa shape index (κ1) is 14.7. The summed E-state index contributed by atoms with van der Waals surface area (Å²) in [5, 5.41) is 12.6. The van der Waals surface area contributed by atoms with Gasteiger partial charge in [-0.25, -0.2) is 0 Å². The van der Waals surface area contributed by atoms with Crippen molar-refractivity contribution >= 4 is 11.6 Å². The molecule has 0 fully saturated rings. The fraction of sp³-hybridized carbons (Fsp3) is 0.533. The Labute approximate surface area is 109 Å². The van der Waals surface area contributed by atoms with Crippen molar-refractivity contribution < 1.29 is 9.90 Å². The first-order valence-electron chi connectivity index (χ1n) is 6.55. The van der Waals surface area contributed by atoms with Crippen molar-refractivity contribution in [1.82, 2.24) is 0 Å². The van der Waals surface area contributed by atoms with E-state index in [1.165, 1.54) is 0 Å². The number of para-hydroxylation sites is 1. The first-order valence-corrected chi connectivity index (χ1v) is 6.55. The van der Waals surface area contributed by atoms with E-state index in [1.807, 2.05) is 31.2 Å². The number of carbonyl (C=O) groups is 1. The van der Waals surface area contributed by atoms with Crippen molar-refractivity contribution in [3.05, 3.63) is 29.8 Å². The summed E-state index contributed by atoms with van der Waals surface area (Å²) in [5.41, 5.74) is 1.45. The van der Waals surface area contributed by atoms with Crippen molar-refractivity contribution in [1.29, 1.82) is 0 Å². The van der Waals surface area contributed by atoms with Crippen LogP contribution >= 0.6 is 0 Å². The van der Waals surface area contributed by atoms with Crippen molar-refractivity contribution in [2.45, 2.75) is 40.2 Å². The number of hydrogen-bond donors (Lipinski definition) is 2. The van der Waals surface area contributed by atoms with Crippen molar-refractivity contribution in [3.63, 3.8) is 0 Å². The summed E-state index contributed by atoms with van der Waals surface area (Å²) >= 11 is 0. The standard InChI is InChI=1S/C15H23NO2/c1-5-10(2)11(3)15(18)16-14-9-7-6-8-13(14)12(4)17/h6-12,17H,5H2,1-4H3,(H,16,18). The molecule has 3 atom stereocenters. The lowest BCUT2D eigenvalue weighted by Crippen LogP contribution is -2.26. The third-order valence-corrected chi connectivity index (χ3v) is 3.58. The number of benzene rings is 1. The monoisotopic (exact) mass is 249 g/mol. The number of anilines is 1. The van der Waals surface area contributed by atoms with Gasteiger partial charge >= 0.3 is 0 Å². The van der Waals surface area contributed by atoms with E-state index >= 15 is 0 Å². The van der Waals surface area contributed by atoms with E-state index in [0.29, 0.717) is 11.6 Å². The van der Waals surface area contributed by atoms with Crippen LogP contribution in [0.3, 0.4) is 0 Å². The van der Waals surface area contributed by atoms with Gasteiger partial charge in [-0.3, -0.25) is 4.79 Å². The Morgan fingerprint density at radius 1 is 1.28 bits per heavy atom. The summed E-state index contributed by atoms with van der Waals surface area (Å²) in [7, 11) is 0. The molecule has 3 unspecified atom stereocenters. The number of aliphatic hydroxyl groups excluding tert-OH is 1. The summed E-state index contributed by atoms with van der Waals surface area (Å²) in [5.74, 6) is 0.332. The third-order valence-electron chi connectivity index (χ3n) is 3.58. The Bertz CT molecular complexity index is 401. The zero-order valence-corrected chi connectivity index (χ0v) is 11.6. The van der Waals surface area contributed by atoms with E-state index in [2.05, 4.69) is 19.2 Å². The van der Waals surface area contributed by atoms with Crippen LogP contribution in [0.1, 0.15) is 45.8 Å². The molecule has 0 bridgehead atoms. The smallest absolute Gasteiger partial charge is 0.227 e. The molecule has 0 radical (unpaired) electrons. The molecule has 3 heteroatoms. The molecule has 0 aromatic heterocycles. The van der Waals surface area contributed by atoms with Gasteiger partial charge in [-0.05, 0) is 18.9 Å². The van der Waals surface area contributed by atoms with Gasteiger partial charge in [-0.1, -0.05) is 45.4 Å². The lowest BCUT2D eigenvalue weighted by Gasteiger charge is -2.19. The Kier molecular flexibility index (Phi) is 5.35. The SMILES string of the molecule is CCC(C)C(C)C(=O)Nc1ccccc1C(C)O. The molecule has 1 aromatic carbocycles. The summed E-state index contributed by atoms with van der Waals surface area (Å²) in [4.78, 5) is 12.1. The van der Waals surface area contributed by atoms with Gasteiger partial charge in [-0.15, -0.1) is 0 Å². The van der Waals surface area contributed by atoms with Gasteiger partial charge < -0.3 is 10.4 Å². The van der Waals surface area contributed by atoms with Crippen molar-refractivity contribution in [2.24, 2.45) is 11.8 Å². The molecule has 0 aliphatic carbocycles. The molecule has 0 saturated carbocycles.